The molecule has 142 valence electrons. The lowest BCUT2D eigenvalue weighted by Gasteiger charge is -2.19. The van der Waals surface area contributed by atoms with E-state index in [-0.39, 0.29) is 0 Å². The van der Waals surface area contributed by atoms with Gasteiger partial charge in [0.25, 0.3) is 5.82 Å². The first-order valence-electron chi connectivity index (χ1n) is 9.83. The number of benzene rings is 2. The molecular weight excluding hydrogens is 351 g/mol. The molecule has 27 heavy (non-hydrogen) atoms. The van der Waals surface area contributed by atoms with E-state index in [1.165, 1.54) is 12.2 Å². The van der Waals surface area contributed by atoms with Crippen LogP contribution < -0.4 is 15.2 Å². The molecule has 3 rings (SSSR count). The van der Waals surface area contributed by atoms with Gasteiger partial charge in [0.1, 0.15) is 19.5 Å². The summed E-state index contributed by atoms with van der Waals surface area (Å²) in [6.07, 6.45) is 9.45. The largest absolute Gasteiger partial charge is 0.314 e. The van der Waals surface area contributed by atoms with Crippen LogP contribution in [-0.4, -0.2) is 10.7 Å². The maximum absolute atomic E-state index is 13.9. The Kier molecular flexibility index (Phi) is 6.68. The second-order valence-corrected chi connectivity index (χ2v) is 10.2. The summed E-state index contributed by atoms with van der Waals surface area (Å²) in [6, 6.07) is 20.0. The van der Waals surface area contributed by atoms with E-state index in [4.69, 9.17) is 0 Å². The first-order valence-corrected chi connectivity index (χ1v) is 11.7. The molecule has 0 saturated carbocycles. The molecule has 0 aliphatic rings. The third-order valence-corrected chi connectivity index (χ3v) is 8.58. The number of unbranched alkanes of at least 4 members (excludes halogenated alkanes) is 3. The third-order valence-electron chi connectivity index (χ3n) is 5.36. The first-order chi connectivity index (χ1) is 13.1. The van der Waals surface area contributed by atoms with Gasteiger partial charge in [-0.1, -0.05) is 67.1 Å². The van der Waals surface area contributed by atoms with Crippen molar-refractivity contribution >= 4 is 17.8 Å². The maximum Gasteiger partial charge on any atom is 0.253 e. The summed E-state index contributed by atoms with van der Waals surface area (Å²) < 4.78 is 18.4. The van der Waals surface area contributed by atoms with Gasteiger partial charge in [0.15, 0.2) is 0 Å². The van der Waals surface area contributed by atoms with Crippen LogP contribution in [0.15, 0.2) is 73.1 Å². The average molecular weight is 381 g/mol. The van der Waals surface area contributed by atoms with Crippen LogP contribution in [0.4, 0.5) is 0 Å². The van der Waals surface area contributed by atoms with Gasteiger partial charge in [-0.2, -0.15) is 0 Å². The smallest absolute Gasteiger partial charge is 0.253 e. The van der Waals surface area contributed by atoms with Crippen molar-refractivity contribution in [2.75, 3.05) is 6.16 Å². The molecule has 0 unspecified atom stereocenters. The van der Waals surface area contributed by atoms with Gasteiger partial charge in [-0.3, -0.25) is 0 Å². The van der Waals surface area contributed by atoms with Crippen molar-refractivity contribution in [3.8, 4) is 0 Å². The summed E-state index contributed by atoms with van der Waals surface area (Å²) in [6.45, 7) is 3.21. The molecular formula is C23H30N2OP+. The SMILES string of the molecule is Cc1n(CCCCCCP(=O)(c2ccccc2)c2ccccc2)cc[n+]1C. The topological polar surface area (TPSA) is 25.9 Å². The van der Waals surface area contributed by atoms with Crippen LogP contribution in [0.1, 0.15) is 31.5 Å². The van der Waals surface area contributed by atoms with Gasteiger partial charge in [-0.05, 0) is 19.3 Å². The quantitative estimate of drug-likeness (QED) is 0.310. The summed E-state index contributed by atoms with van der Waals surface area (Å²) in [5.74, 6) is 1.28. The molecule has 3 aromatic rings. The fourth-order valence-corrected chi connectivity index (χ4v) is 6.34. The van der Waals surface area contributed by atoms with Gasteiger partial charge in [-0.25, -0.2) is 9.13 Å². The lowest BCUT2D eigenvalue weighted by atomic mass is 10.2. The molecule has 0 N–H and O–H groups in total. The first kappa shape index (κ1) is 19.6. The van der Waals surface area contributed by atoms with Crippen molar-refractivity contribution in [1.29, 1.82) is 0 Å². The molecule has 2 aromatic carbocycles. The summed E-state index contributed by atoms with van der Waals surface area (Å²) in [7, 11) is -0.464. The van der Waals surface area contributed by atoms with E-state index in [1.807, 2.05) is 60.7 Å². The van der Waals surface area contributed by atoms with Crippen molar-refractivity contribution in [2.24, 2.45) is 7.05 Å². The molecule has 0 aliphatic heterocycles. The highest BCUT2D eigenvalue weighted by Crippen LogP contribution is 2.44. The van der Waals surface area contributed by atoms with Gasteiger partial charge >= 0.3 is 0 Å². The summed E-state index contributed by atoms with van der Waals surface area (Å²) in [4.78, 5) is 0. The predicted molar refractivity (Wildman–Crippen MR) is 113 cm³/mol. The van der Waals surface area contributed by atoms with Gasteiger partial charge in [-0.15, -0.1) is 0 Å². The lowest BCUT2D eigenvalue weighted by Crippen LogP contribution is -2.29. The van der Waals surface area contributed by atoms with Crippen molar-refractivity contribution in [3.63, 3.8) is 0 Å². The Labute approximate surface area is 163 Å². The number of hydrogen-bond donors (Lipinski definition) is 0. The highest BCUT2D eigenvalue weighted by Gasteiger charge is 2.26. The minimum absolute atomic E-state index is 0.749. The van der Waals surface area contributed by atoms with Crippen molar-refractivity contribution in [1.82, 2.24) is 4.57 Å². The van der Waals surface area contributed by atoms with Crippen LogP contribution in [0.2, 0.25) is 0 Å². The van der Waals surface area contributed by atoms with E-state index in [1.54, 1.807) is 0 Å². The Balaban J connectivity index is 1.56. The van der Waals surface area contributed by atoms with Crippen molar-refractivity contribution in [2.45, 2.75) is 39.2 Å². The Hall–Kier alpha value is -2.12. The molecule has 0 aliphatic carbocycles. The molecule has 1 heterocycles. The number of rotatable bonds is 9. The Morgan fingerprint density at radius 1 is 0.852 bits per heavy atom. The summed E-state index contributed by atoms with van der Waals surface area (Å²) in [5.41, 5.74) is 0. The third kappa shape index (κ3) is 4.78. The average Bonchev–Trinajstić information content (AvgIpc) is 3.04. The molecule has 4 heteroatoms. The summed E-state index contributed by atoms with van der Waals surface area (Å²) >= 11 is 0. The van der Waals surface area contributed by atoms with Crippen LogP contribution in [0.5, 0.6) is 0 Å². The molecule has 0 atom stereocenters. The minimum Gasteiger partial charge on any atom is -0.314 e. The Morgan fingerprint density at radius 2 is 1.41 bits per heavy atom. The number of imidazole rings is 1. The molecule has 0 spiro atoms. The van der Waals surface area contributed by atoms with E-state index in [9.17, 15) is 4.57 Å². The second kappa shape index (κ2) is 9.19. The molecule has 3 nitrogen and oxygen atoms in total. The van der Waals surface area contributed by atoms with E-state index in [0.29, 0.717) is 0 Å². The fraction of sp³-hybridized carbons (Fsp3) is 0.348. The standard InChI is InChI=1S/C23H30N2OP/c1-21-24(2)18-19-25(21)17-11-3-4-12-20-27(26,22-13-7-5-8-14-22)23-15-9-6-10-16-23/h5-10,13-16,18-19H,3-4,11-12,17,20H2,1-2H3/q+1. The molecule has 1 aromatic heterocycles. The van der Waals surface area contributed by atoms with Crippen LogP contribution >= 0.6 is 7.14 Å². The normalized spacial score (nSPS) is 11.6. The van der Waals surface area contributed by atoms with Gasteiger partial charge < -0.3 is 4.57 Å². The van der Waals surface area contributed by atoms with E-state index in [2.05, 4.69) is 35.5 Å². The Morgan fingerprint density at radius 3 is 1.93 bits per heavy atom. The summed E-state index contributed by atoms with van der Waals surface area (Å²) in [5, 5.41) is 1.96. The van der Waals surface area contributed by atoms with Crippen LogP contribution in [0.3, 0.4) is 0 Å². The highest BCUT2D eigenvalue weighted by atomic mass is 31.2. The predicted octanol–water partition coefficient (Wildman–Crippen LogP) is 4.20. The number of hydrogen-bond acceptors (Lipinski definition) is 1. The number of nitrogens with zero attached hydrogens (tertiary/aromatic N) is 2. The highest BCUT2D eigenvalue weighted by molar-refractivity contribution is 7.78. The number of aryl methyl sites for hydroxylation is 2. The lowest BCUT2D eigenvalue weighted by molar-refractivity contribution is -0.677. The zero-order valence-electron chi connectivity index (χ0n) is 16.4. The Bertz CT molecular complexity index is 844. The minimum atomic E-state index is -2.54. The van der Waals surface area contributed by atoms with Crippen LogP contribution in [-0.2, 0) is 18.2 Å². The molecule has 0 bridgehead atoms. The molecule has 0 radical (unpaired) electrons. The monoisotopic (exact) mass is 381 g/mol. The molecule has 0 fully saturated rings. The van der Waals surface area contributed by atoms with E-state index < -0.39 is 7.14 Å². The molecule has 0 amide bonds. The zero-order chi connectivity index (χ0) is 19.1. The zero-order valence-corrected chi connectivity index (χ0v) is 17.3. The fourth-order valence-electron chi connectivity index (χ4n) is 3.55. The van der Waals surface area contributed by atoms with Crippen LogP contribution in [0, 0.1) is 6.92 Å². The van der Waals surface area contributed by atoms with Crippen molar-refractivity contribution < 1.29 is 9.13 Å². The maximum atomic E-state index is 13.9. The van der Waals surface area contributed by atoms with Crippen LogP contribution in [0.25, 0.3) is 0 Å². The second-order valence-electron chi connectivity index (χ2n) is 7.20. The van der Waals surface area contributed by atoms with E-state index in [0.717, 1.165) is 42.6 Å². The van der Waals surface area contributed by atoms with Gasteiger partial charge in [0.05, 0.1) is 13.6 Å². The van der Waals surface area contributed by atoms with E-state index >= 15 is 0 Å². The number of aromatic nitrogens is 2. The van der Waals surface area contributed by atoms with Gasteiger partial charge in [0.2, 0.25) is 0 Å². The van der Waals surface area contributed by atoms with Crippen molar-refractivity contribution in [3.05, 3.63) is 78.9 Å². The molecule has 0 saturated heterocycles. The van der Waals surface area contributed by atoms with Gasteiger partial charge in [0, 0.05) is 23.7 Å².